The maximum absolute atomic E-state index is 11.8. The van der Waals surface area contributed by atoms with Crippen LogP contribution >= 0.6 is 0 Å². The predicted molar refractivity (Wildman–Crippen MR) is 81.1 cm³/mol. The molecule has 0 bridgehead atoms. The Morgan fingerprint density at radius 2 is 2.45 bits per heavy atom. The van der Waals surface area contributed by atoms with Crippen LogP contribution < -0.4 is 5.32 Å². The number of anilines is 1. The zero-order valence-corrected chi connectivity index (χ0v) is 12.7. The van der Waals surface area contributed by atoms with Gasteiger partial charge in [-0.15, -0.1) is 0 Å². The van der Waals surface area contributed by atoms with Gasteiger partial charge < -0.3 is 10.1 Å². The van der Waals surface area contributed by atoms with E-state index in [0.29, 0.717) is 17.3 Å². The molecule has 1 aromatic rings. The molecule has 3 atom stereocenters. The van der Waals surface area contributed by atoms with Gasteiger partial charge in [-0.25, -0.2) is 4.98 Å². The normalized spacial score (nSPS) is 28.4. The summed E-state index contributed by atoms with van der Waals surface area (Å²) in [5, 5.41) is 12.3. The Morgan fingerprint density at radius 1 is 1.59 bits per heavy atom. The van der Waals surface area contributed by atoms with Crippen molar-refractivity contribution in [3.05, 3.63) is 23.9 Å². The molecule has 6 heteroatoms. The number of carbonyl (C=O) groups is 1. The third-order valence-electron chi connectivity index (χ3n) is 4.39. The van der Waals surface area contributed by atoms with Crippen LogP contribution in [0.4, 0.5) is 5.82 Å². The standard InChI is InChI=1S/C16H20N4O2/c1-11-7-14(16(21)22-11)20-6-4-12(10-20)9-19-15-13(8-17)3-2-5-18-15/h2-3,5,11-12,14H,4,6-7,9-10H2,1H3,(H,18,19)/t11-,12+,14+/m1/s1. The number of hydrogen-bond acceptors (Lipinski definition) is 6. The first-order valence-corrected chi connectivity index (χ1v) is 7.71. The van der Waals surface area contributed by atoms with Gasteiger partial charge in [-0.3, -0.25) is 9.69 Å². The second-order valence-corrected chi connectivity index (χ2v) is 6.04. The fourth-order valence-corrected chi connectivity index (χ4v) is 3.22. The highest BCUT2D eigenvalue weighted by Crippen LogP contribution is 2.26. The molecule has 0 unspecified atom stereocenters. The number of ether oxygens (including phenoxy) is 1. The fourth-order valence-electron chi connectivity index (χ4n) is 3.22. The molecule has 116 valence electrons. The SMILES string of the molecule is C[C@@H]1C[C@H](N2CC[C@@H](CNc3ncccc3C#N)C2)C(=O)O1. The first-order valence-electron chi connectivity index (χ1n) is 7.71. The zero-order valence-electron chi connectivity index (χ0n) is 12.7. The molecule has 0 aromatic carbocycles. The van der Waals surface area contributed by atoms with Crippen molar-refractivity contribution in [2.75, 3.05) is 25.0 Å². The van der Waals surface area contributed by atoms with E-state index < -0.39 is 0 Å². The number of cyclic esters (lactones) is 1. The van der Waals surface area contributed by atoms with Crippen molar-refractivity contribution in [1.29, 1.82) is 5.26 Å². The number of hydrogen-bond donors (Lipinski definition) is 1. The summed E-state index contributed by atoms with van der Waals surface area (Å²) in [6.45, 7) is 4.51. The van der Waals surface area contributed by atoms with Crippen LogP contribution in [-0.4, -0.2) is 47.6 Å². The molecule has 0 radical (unpaired) electrons. The van der Waals surface area contributed by atoms with E-state index in [1.54, 1.807) is 18.3 Å². The van der Waals surface area contributed by atoms with E-state index in [0.717, 1.165) is 32.5 Å². The van der Waals surface area contributed by atoms with Crippen molar-refractivity contribution < 1.29 is 9.53 Å². The maximum Gasteiger partial charge on any atom is 0.323 e. The zero-order chi connectivity index (χ0) is 15.5. The van der Waals surface area contributed by atoms with E-state index in [4.69, 9.17) is 10.00 Å². The molecule has 2 saturated heterocycles. The average molecular weight is 300 g/mol. The van der Waals surface area contributed by atoms with Crippen molar-refractivity contribution in [1.82, 2.24) is 9.88 Å². The quantitative estimate of drug-likeness (QED) is 0.847. The molecule has 2 aliphatic heterocycles. The first kappa shape index (κ1) is 14.8. The Bertz CT molecular complexity index is 598. The molecular weight excluding hydrogens is 280 g/mol. The minimum atomic E-state index is -0.0856. The summed E-state index contributed by atoms with van der Waals surface area (Å²) in [7, 11) is 0. The van der Waals surface area contributed by atoms with Crippen LogP contribution in [0.5, 0.6) is 0 Å². The van der Waals surface area contributed by atoms with Crippen LogP contribution in [-0.2, 0) is 9.53 Å². The van der Waals surface area contributed by atoms with E-state index in [2.05, 4.69) is 21.3 Å². The monoisotopic (exact) mass is 300 g/mol. The Hall–Kier alpha value is -2.13. The van der Waals surface area contributed by atoms with Gasteiger partial charge in [0.25, 0.3) is 0 Å². The largest absolute Gasteiger partial charge is 0.461 e. The molecule has 3 rings (SSSR count). The van der Waals surface area contributed by atoms with Crippen LogP contribution in [0.25, 0.3) is 0 Å². The van der Waals surface area contributed by atoms with Gasteiger partial charge in [-0.2, -0.15) is 5.26 Å². The lowest BCUT2D eigenvalue weighted by Crippen LogP contribution is -2.37. The lowest BCUT2D eigenvalue weighted by atomic mass is 10.1. The molecule has 1 N–H and O–H groups in total. The molecule has 2 aliphatic rings. The number of nitriles is 1. The smallest absolute Gasteiger partial charge is 0.323 e. The molecule has 0 saturated carbocycles. The lowest BCUT2D eigenvalue weighted by molar-refractivity contribution is -0.144. The highest BCUT2D eigenvalue weighted by molar-refractivity contribution is 5.78. The maximum atomic E-state index is 11.8. The van der Waals surface area contributed by atoms with Crippen molar-refractivity contribution in [3.63, 3.8) is 0 Å². The van der Waals surface area contributed by atoms with E-state index in [-0.39, 0.29) is 18.1 Å². The van der Waals surface area contributed by atoms with Crippen molar-refractivity contribution in [2.45, 2.75) is 31.9 Å². The number of carbonyl (C=O) groups excluding carboxylic acids is 1. The summed E-state index contributed by atoms with van der Waals surface area (Å²) >= 11 is 0. The van der Waals surface area contributed by atoms with Crippen LogP contribution in [0, 0.1) is 17.2 Å². The van der Waals surface area contributed by atoms with Crippen LogP contribution in [0.2, 0.25) is 0 Å². The number of rotatable bonds is 4. The Balaban J connectivity index is 1.53. The van der Waals surface area contributed by atoms with Crippen LogP contribution in [0.3, 0.4) is 0 Å². The third kappa shape index (κ3) is 3.04. The molecule has 6 nitrogen and oxygen atoms in total. The number of aromatic nitrogens is 1. The molecule has 1 aromatic heterocycles. The van der Waals surface area contributed by atoms with Gasteiger partial charge in [0, 0.05) is 25.7 Å². The molecule has 0 spiro atoms. The van der Waals surface area contributed by atoms with E-state index in [9.17, 15) is 4.79 Å². The topological polar surface area (TPSA) is 78.3 Å². The van der Waals surface area contributed by atoms with Gasteiger partial charge in [-0.05, 0) is 37.9 Å². The first-order chi connectivity index (χ1) is 10.7. The van der Waals surface area contributed by atoms with Crippen molar-refractivity contribution in [2.24, 2.45) is 5.92 Å². The molecule has 0 aliphatic carbocycles. The third-order valence-corrected chi connectivity index (χ3v) is 4.39. The van der Waals surface area contributed by atoms with E-state index in [1.807, 2.05) is 6.92 Å². The fraction of sp³-hybridized carbons (Fsp3) is 0.562. The van der Waals surface area contributed by atoms with Crippen molar-refractivity contribution >= 4 is 11.8 Å². The van der Waals surface area contributed by atoms with E-state index >= 15 is 0 Å². The van der Waals surface area contributed by atoms with E-state index in [1.165, 1.54) is 0 Å². The minimum absolute atomic E-state index is 0.0291. The van der Waals surface area contributed by atoms with Gasteiger partial charge in [-0.1, -0.05) is 0 Å². The van der Waals surface area contributed by atoms with Gasteiger partial charge in [0.2, 0.25) is 0 Å². The summed E-state index contributed by atoms with van der Waals surface area (Å²) < 4.78 is 5.24. The number of pyridine rings is 1. The molecule has 3 heterocycles. The minimum Gasteiger partial charge on any atom is -0.461 e. The number of esters is 1. The summed E-state index contributed by atoms with van der Waals surface area (Å²) in [6, 6.07) is 5.57. The number of nitrogens with zero attached hydrogens (tertiary/aromatic N) is 3. The molecule has 0 amide bonds. The van der Waals surface area contributed by atoms with Crippen molar-refractivity contribution in [3.8, 4) is 6.07 Å². The van der Waals surface area contributed by atoms with Gasteiger partial charge in [0.1, 0.15) is 24.0 Å². The Kier molecular flexibility index (Phi) is 4.25. The number of nitrogens with one attached hydrogen (secondary N) is 1. The molecule has 22 heavy (non-hydrogen) atoms. The average Bonchev–Trinajstić information content (AvgIpc) is 3.11. The summed E-state index contributed by atoms with van der Waals surface area (Å²) in [5.41, 5.74) is 0.561. The van der Waals surface area contributed by atoms with Gasteiger partial charge in [0.15, 0.2) is 0 Å². The van der Waals surface area contributed by atoms with Crippen LogP contribution in [0.1, 0.15) is 25.3 Å². The van der Waals surface area contributed by atoms with Gasteiger partial charge >= 0.3 is 5.97 Å². The predicted octanol–water partition coefficient (Wildman–Crippen LogP) is 1.39. The Labute approximate surface area is 130 Å². The number of likely N-dealkylation sites (tertiary alicyclic amines) is 1. The molecular formula is C16H20N4O2. The van der Waals surface area contributed by atoms with Crippen LogP contribution in [0.15, 0.2) is 18.3 Å². The highest BCUT2D eigenvalue weighted by Gasteiger charge is 2.39. The summed E-state index contributed by atoms with van der Waals surface area (Å²) in [4.78, 5) is 18.2. The highest BCUT2D eigenvalue weighted by atomic mass is 16.6. The Morgan fingerprint density at radius 3 is 3.18 bits per heavy atom. The van der Waals surface area contributed by atoms with Gasteiger partial charge in [0.05, 0.1) is 5.56 Å². The second kappa shape index (κ2) is 6.32. The lowest BCUT2D eigenvalue weighted by Gasteiger charge is -2.20. The summed E-state index contributed by atoms with van der Waals surface area (Å²) in [6.07, 6.45) is 3.54. The second-order valence-electron chi connectivity index (χ2n) is 6.04. The molecule has 2 fully saturated rings. The summed E-state index contributed by atoms with van der Waals surface area (Å²) in [5.74, 6) is 1.01.